The van der Waals surface area contributed by atoms with Gasteiger partial charge in [-0.2, -0.15) is 0 Å². The molecule has 0 radical (unpaired) electrons. The maximum Gasteiger partial charge on any atom is 0.314 e. The zero-order valence-electron chi connectivity index (χ0n) is 10.9. The zero-order valence-corrected chi connectivity index (χ0v) is 10.9. The number of ether oxygens (including phenoxy) is 2. The number of allylic oxidation sites excluding steroid dienone is 1. The van der Waals surface area contributed by atoms with Crippen molar-refractivity contribution in [2.45, 2.75) is 39.3 Å². The average Bonchev–Trinajstić information content (AvgIpc) is 3.18. The van der Waals surface area contributed by atoms with E-state index < -0.39 is 5.41 Å². The first-order chi connectivity index (χ1) is 8.70. The van der Waals surface area contributed by atoms with Gasteiger partial charge in [-0.15, -0.1) is 0 Å². The summed E-state index contributed by atoms with van der Waals surface area (Å²) < 4.78 is 10.7. The van der Waals surface area contributed by atoms with Crippen LogP contribution in [0.2, 0.25) is 0 Å². The van der Waals surface area contributed by atoms with E-state index in [4.69, 9.17) is 9.47 Å². The molecule has 0 aromatic heterocycles. The molecule has 2 aliphatic rings. The lowest BCUT2D eigenvalue weighted by Gasteiger charge is -2.21. The van der Waals surface area contributed by atoms with E-state index in [0.29, 0.717) is 13.2 Å². The molecule has 2 rings (SSSR count). The molecule has 0 bridgehead atoms. The van der Waals surface area contributed by atoms with Crippen molar-refractivity contribution >= 4 is 12.2 Å². The monoisotopic (exact) mass is 252 g/mol. The second-order valence-electron chi connectivity index (χ2n) is 4.67. The highest BCUT2D eigenvalue weighted by molar-refractivity contribution is 5.80. The molecule has 1 atom stereocenters. The van der Waals surface area contributed by atoms with Gasteiger partial charge in [-0.05, 0) is 26.2 Å². The van der Waals surface area contributed by atoms with Crippen molar-refractivity contribution in [1.82, 2.24) is 5.32 Å². The maximum atomic E-state index is 11.7. The molecule has 100 valence electrons. The van der Waals surface area contributed by atoms with E-state index in [-0.39, 0.29) is 12.2 Å². The SMILES string of the molecule is CCOC(=O)C1(COC2C=NC(CC)=CN2)CC1. The third-order valence-corrected chi connectivity index (χ3v) is 3.25. The molecule has 0 spiro atoms. The van der Waals surface area contributed by atoms with Crippen LogP contribution in [-0.2, 0) is 14.3 Å². The fraction of sp³-hybridized carbons (Fsp3) is 0.692. The molecular weight excluding hydrogens is 232 g/mol. The number of carbonyl (C=O) groups excluding carboxylic acids is 1. The summed E-state index contributed by atoms with van der Waals surface area (Å²) in [5.41, 5.74) is 0.599. The zero-order chi connectivity index (χ0) is 13.0. The molecule has 1 aliphatic heterocycles. The van der Waals surface area contributed by atoms with Crippen LogP contribution in [0.15, 0.2) is 16.9 Å². The van der Waals surface area contributed by atoms with Gasteiger partial charge in [0.05, 0.1) is 30.5 Å². The summed E-state index contributed by atoms with van der Waals surface area (Å²) in [6.07, 6.45) is 5.95. The number of nitrogens with zero attached hydrogens (tertiary/aromatic N) is 1. The van der Waals surface area contributed by atoms with Gasteiger partial charge < -0.3 is 14.8 Å². The highest BCUT2D eigenvalue weighted by atomic mass is 16.5. The van der Waals surface area contributed by atoms with Crippen LogP contribution in [0.4, 0.5) is 0 Å². The highest BCUT2D eigenvalue weighted by Crippen LogP contribution is 2.47. The van der Waals surface area contributed by atoms with Gasteiger partial charge in [0.1, 0.15) is 0 Å². The van der Waals surface area contributed by atoms with E-state index in [1.165, 1.54) is 0 Å². The quantitative estimate of drug-likeness (QED) is 0.729. The van der Waals surface area contributed by atoms with Crippen molar-refractivity contribution in [3.8, 4) is 0 Å². The number of carbonyl (C=O) groups is 1. The molecular formula is C13H20N2O3. The fourth-order valence-corrected chi connectivity index (χ4v) is 1.80. The Hall–Kier alpha value is -1.36. The smallest absolute Gasteiger partial charge is 0.314 e. The summed E-state index contributed by atoms with van der Waals surface area (Å²) in [4.78, 5) is 16.0. The standard InChI is InChI=1S/C13H20N2O3/c1-3-10-7-15-11(8-14-10)18-9-13(5-6-13)12(16)17-4-2/h7-8,11,15H,3-6,9H2,1-2H3. The summed E-state index contributed by atoms with van der Waals surface area (Å²) in [6.45, 7) is 4.68. The summed E-state index contributed by atoms with van der Waals surface area (Å²) in [6, 6.07) is 0. The Morgan fingerprint density at radius 1 is 1.56 bits per heavy atom. The summed E-state index contributed by atoms with van der Waals surface area (Å²) in [7, 11) is 0. The molecule has 0 aromatic carbocycles. The van der Waals surface area contributed by atoms with Gasteiger partial charge in [0.25, 0.3) is 0 Å². The molecule has 5 nitrogen and oxygen atoms in total. The largest absolute Gasteiger partial charge is 0.465 e. The average molecular weight is 252 g/mol. The predicted octanol–water partition coefficient (Wildman–Crippen LogP) is 1.60. The lowest BCUT2D eigenvalue weighted by Crippen LogP contribution is -2.35. The topological polar surface area (TPSA) is 59.9 Å². The second kappa shape index (κ2) is 5.52. The van der Waals surface area contributed by atoms with Gasteiger partial charge in [0, 0.05) is 6.20 Å². The van der Waals surface area contributed by atoms with Crippen LogP contribution in [0.25, 0.3) is 0 Å². The van der Waals surface area contributed by atoms with E-state index >= 15 is 0 Å². The van der Waals surface area contributed by atoms with Crippen LogP contribution in [0.1, 0.15) is 33.1 Å². The van der Waals surface area contributed by atoms with Crippen LogP contribution in [0.5, 0.6) is 0 Å². The number of hydrogen-bond acceptors (Lipinski definition) is 5. The van der Waals surface area contributed by atoms with Crippen molar-refractivity contribution in [2.24, 2.45) is 10.4 Å². The van der Waals surface area contributed by atoms with Crippen LogP contribution in [0, 0.1) is 5.41 Å². The number of nitrogens with one attached hydrogen (secondary N) is 1. The van der Waals surface area contributed by atoms with Gasteiger partial charge in [-0.25, -0.2) is 0 Å². The normalized spacial score (nSPS) is 24.1. The van der Waals surface area contributed by atoms with Crippen LogP contribution in [0.3, 0.4) is 0 Å². The van der Waals surface area contributed by atoms with Gasteiger partial charge in [-0.3, -0.25) is 9.79 Å². The minimum atomic E-state index is -0.403. The van der Waals surface area contributed by atoms with Gasteiger partial charge in [0.15, 0.2) is 6.23 Å². The number of hydrogen-bond donors (Lipinski definition) is 1. The van der Waals surface area contributed by atoms with Gasteiger partial charge in [-0.1, -0.05) is 6.92 Å². The van der Waals surface area contributed by atoms with Crippen molar-refractivity contribution in [2.75, 3.05) is 13.2 Å². The van der Waals surface area contributed by atoms with E-state index in [0.717, 1.165) is 25.0 Å². The first kappa shape index (κ1) is 13.1. The molecule has 1 fully saturated rings. The minimum absolute atomic E-state index is 0.137. The van der Waals surface area contributed by atoms with Crippen LogP contribution in [-0.4, -0.2) is 31.6 Å². The molecule has 1 N–H and O–H groups in total. The summed E-state index contributed by atoms with van der Waals surface area (Å²) in [5.74, 6) is -0.137. The maximum absolute atomic E-state index is 11.7. The van der Waals surface area contributed by atoms with Gasteiger partial charge >= 0.3 is 5.97 Å². The molecule has 1 aliphatic carbocycles. The molecule has 0 amide bonds. The fourth-order valence-electron chi connectivity index (χ4n) is 1.80. The first-order valence-electron chi connectivity index (χ1n) is 6.48. The van der Waals surface area contributed by atoms with E-state index in [1.807, 2.05) is 20.0 Å². The lowest BCUT2D eigenvalue weighted by atomic mass is 10.1. The number of aliphatic imine (C=N–C) groups is 1. The molecule has 1 unspecified atom stereocenters. The van der Waals surface area contributed by atoms with E-state index in [1.54, 1.807) is 6.21 Å². The van der Waals surface area contributed by atoms with Crippen molar-refractivity contribution in [1.29, 1.82) is 0 Å². The Bertz CT molecular complexity index is 372. The predicted molar refractivity (Wildman–Crippen MR) is 68.0 cm³/mol. The summed E-state index contributed by atoms with van der Waals surface area (Å²) >= 11 is 0. The number of esters is 1. The molecule has 0 aromatic rings. The van der Waals surface area contributed by atoms with Crippen LogP contribution >= 0.6 is 0 Å². The second-order valence-corrected chi connectivity index (χ2v) is 4.67. The molecule has 1 heterocycles. The molecule has 5 heteroatoms. The molecule has 0 saturated heterocycles. The minimum Gasteiger partial charge on any atom is -0.465 e. The highest BCUT2D eigenvalue weighted by Gasteiger charge is 2.52. The Kier molecular flexibility index (Phi) is 4.01. The Morgan fingerprint density at radius 3 is 2.83 bits per heavy atom. The Morgan fingerprint density at radius 2 is 2.33 bits per heavy atom. The van der Waals surface area contributed by atoms with Crippen LogP contribution < -0.4 is 5.32 Å². The molecule has 1 saturated carbocycles. The first-order valence-corrected chi connectivity index (χ1v) is 6.48. The van der Waals surface area contributed by atoms with Gasteiger partial charge in [0.2, 0.25) is 0 Å². The lowest BCUT2D eigenvalue weighted by molar-refractivity contribution is -0.152. The van der Waals surface area contributed by atoms with E-state index in [2.05, 4.69) is 10.3 Å². The van der Waals surface area contributed by atoms with E-state index in [9.17, 15) is 4.79 Å². The third kappa shape index (κ3) is 2.90. The number of rotatable bonds is 6. The molecule has 18 heavy (non-hydrogen) atoms. The van der Waals surface area contributed by atoms with Crippen molar-refractivity contribution < 1.29 is 14.3 Å². The Balaban J connectivity index is 1.78. The van der Waals surface area contributed by atoms with Crippen molar-refractivity contribution in [3.05, 3.63) is 11.9 Å². The third-order valence-electron chi connectivity index (χ3n) is 3.25. The Labute approximate surface area is 107 Å². The summed E-state index contributed by atoms with van der Waals surface area (Å²) in [5, 5.41) is 3.11. The van der Waals surface area contributed by atoms with Crippen molar-refractivity contribution in [3.63, 3.8) is 0 Å².